The number of phenolic OH excluding ortho intramolecular Hbond substituents is 1. The van der Waals surface area contributed by atoms with Crippen molar-refractivity contribution in [1.29, 1.82) is 0 Å². The lowest BCUT2D eigenvalue weighted by Crippen LogP contribution is -2.39. The fraction of sp³-hybridized carbons (Fsp3) is 0.657. The molecule has 0 aromatic heterocycles. The molecule has 1 aliphatic rings. The van der Waals surface area contributed by atoms with Crippen molar-refractivity contribution in [2.75, 3.05) is 6.54 Å². The van der Waals surface area contributed by atoms with Crippen molar-refractivity contribution in [1.82, 2.24) is 5.32 Å². The molecule has 0 saturated carbocycles. The number of phenols is 1. The van der Waals surface area contributed by atoms with Crippen LogP contribution in [0.1, 0.15) is 79.7 Å². The average Bonchev–Trinajstić information content (AvgIpc) is 3.64. The number of aromatic hydroxyl groups is 1. The minimum absolute atomic E-state index is 0.0208. The van der Waals surface area contributed by atoms with Gasteiger partial charge in [-0.3, -0.25) is 28.8 Å². The van der Waals surface area contributed by atoms with Gasteiger partial charge in [0.25, 0.3) is 0 Å². The average molecular weight is 795 g/mol. The van der Waals surface area contributed by atoms with E-state index in [1.165, 1.54) is 19.1 Å². The molecule has 320 valence electrons. The molecule has 0 bridgehead atoms. The maximum Gasteiger partial charge on any atom is 0.323 e. The number of benzene rings is 1. The lowest BCUT2D eigenvalue weighted by molar-refractivity contribution is -0.141. The molecule has 19 N–H and O–H groups in total. The van der Waals surface area contributed by atoms with Crippen LogP contribution in [0, 0.1) is 17.8 Å². The number of aliphatic carboxylic acids is 6. The van der Waals surface area contributed by atoms with E-state index in [0.717, 1.165) is 31.4 Å². The molecule has 0 spiro atoms. The predicted octanol–water partition coefficient (Wildman–Crippen LogP) is -0.108. The highest BCUT2D eigenvalue weighted by atomic mass is 16.4. The van der Waals surface area contributed by atoms with Crippen molar-refractivity contribution >= 4 is 35.8 Å². The summed E-state index contributed by atoms with van der Waals surface area (Å²) in [5, 5.41) is 70.1. The van der Waals surface area contributed by atoms with Crippen molar-refractivity contribution in [3.05, 3.63) is 29.8 Å². The number of nitrogens with two attached hydrogens (primary N) is 5. The molecule has 8 atom stereocenters. The molecule has 55 heavy (non-hydrogen) atoms. The molecule has 0 amide bonds. The molecule has 1 heterocycles. The van der Waals surface area contributed by atoms with Crippen molar-refractivity contribution < 1.29 is 69.6 Å². The molecule has 1 fully saturated rings. The highest BCUT2D eigenvalue weighted by molar-refractivity contribution is 5.75. The highest BCUT2D eigenvalue weighted by Crippen LogP contribution is 2.11. The summed E-state index contributed by atoms with van der Waals surface area (Å²) in [7, 11) is 0. The maximum atomic E-state index is 10.4. The number of carboxylic acids is 6. The second kappa shape index (κ2) is 31.9. The third-order valence-corrected chi connectivity index (χ3v) is 7.46. The molecule has 1 aromatic rings. The molecule has 0 radical (unpaired) electrons. The van der Waals surface area contributed by atoms with E-state index >= 15 is 0 Å². The van der Waals surface area contributed by atoms with Crippen molar-refractivity contribution in [2.45, 2.75) is 123 Å². The van der Waals surface area contributed by atoms with Crippen molar-refractivity contribution in [2.24, 2.45) is 46.4 Å². The van der Waals surface area contributed by atoms with Gasteiger partial charge >= 0.3 is 35.8 Å². The van der Waals surface area contributed by atoms with Gasteiger partial charge in [0.05, 0.1) is 6.10 Å². The van der Waals surface area contributed by atoms with Crippen LogP contribution < -0.4 is 34.0 Å². The number of hydrogen-bond donors (Lipinski definition) is 14. The molecular formula is C35H66N6O14. The van der Waals surface area contributed by atoms with Gasteiger partial charge in [0.15, 0.2) is 0 Å². The molecule has 1 aliphatic heterocycles. The first kappa shape index (κ1) is 57.3. The molecule has 0 aliphatic carbocycles. The topological polar surface area (TPSA) is 406 Å². The molecular weight excluding hydrogens is 728 g/mol. The molecule has 20 nitrogen and oxygen atoms in total. The fourth-order valence-corrected chi connectivity index (χ4v) is 3.47. The Morgan fingerprint density at radius 2 is 1.13 bits per heavy atom. The van der Waals surface area contributed by atoms with Crippen molar-refractivity contribution in [3.8, 4) is 5.75 Å². The van der Waals surface area contributed by atoms with Gasteiger partial charge in [-0.15, -0.1) is 0 Å². The van der Waals surface area contributed by atoms with E-state index in [2.05, 4.69) is 5.32 Å². The van der Waals surface area contributed by atoms with E-state index in [0.29, 0.717) is 12.3 Å². The zero-order chi connectivity index (χ0) is 44.2. The van der Waals surface area contributed by atoms with Gasteiger partial charge in [0.1, 0.15) is 42.0 Å². The van der Waals surface area contributed by atoms with Gasteiger partial charge in [-0.2, -0.15) is 0 Å². The quantitative estimate of drug-likeness (QED) is 0.117. The number of carboxylic acid groups (broad SMARTS) is 6. The zero-order valence-corrected chi connectivity index (χ0v) is 32.7. The number of aliphatic hydroxyl groups excluding tert-OH is 1. The third-order valence-electron chi connectivity index (χ3n) is 7.46. The Bertz CT molecular complexity index is 1200. The number of carbonyl (C=O) groups is 6. The Morgan fingerprint density at radius 1 is 0.691 bits per heavy atom. The van der Waals surface area contributed by atoms with E-state index < -0.39 is 72.1 Å². The molecule has 2 rings (SSSR count). The Hall–Kier alpha value is -4.44. The lowest BCUT2D eigenvalue weighted by Gasteiger charge is -2.11. The second-order valence-electron chi connectivity index (χ2n) is 13.3. The monoisotopic (exact) mass is 794 g/mol. The Labute approximate surface area is 322 Å². The summed E-state index contributed by atoms with van der Waals surface area (Å²) >= 11 is 0. The van der Waals surface area contributed by atoms with Crippen LogP contribution >= 0.6 is 0 Å². The molecule has 20 heteroatoms. The van der Waals surface area contributed by atoms with Crippen LogP contribution in [-0.2, 0) is 35.2 Å². The summed E-state index contributed by atoms with van der Waals surface area (Å²) in [6.07, 6.45) is 2.44. The number of rotatable bonds is 14. The van der Waals surface area contributed by atoms with E-state index in [1.54, 1.807) is 26.0 Å². The summed E-state index contributed by atoms with van der Waals surface area (Å²) in [4.78, 5) is 60.7. The predicted molar refractivity (Wildman–Crippen MR) is 204 cm³/mol. The summed E-state index contributed by atoms with van der Waals surface area (Å²) < 4.78 is 0. The van der Waals surface area contributed by atoms with E-state index in [1.807, 2.05) is 27.7 Å². The maximum absolute atomic E-state index is 10.4. The largest absolute Gasteiger partial charge is 0.508 e. The van der Waals surface area contributed by atoms with Gasteiger partial charge in [-0.25, -0.2) is 0 Å². The van der Waals surface area contributed by atoms with Gasteiger partial charge in [-0.05, 0) is 74.6 Å². The van der Waals surface area contributed by atoms with Crippen LogP contribution in [0.2, 0.25) is 0 Å². The van der Waals surface area contributed by atoms with E-state index in [9.17, 15) is 28.8 Å². The number of aliphatic hydroxyl groups is 1. The smallest absolute Gasteiger partial charge is 0.323 e. The van der Waals surface area contributed by atoms with Gasteiger partial charge in [-0.1, -0.05) is 60.1 Å². The first-order valence-electron chi connectivity index (χ1n) is 17.5. The molecule has 7 unspecified atom stereocenters. The van der Waals surface area contributed by atoms with E-state index in [-0.39, 0.29) is 30.0 Å². The molecule has 1 aromatic carbocycles. The lowest BCUT2D eigenvalue weighted by atomic mass is 10.0. The summed E-state index contributed by atoms with van der Waals surface area (Å²) in [6.45, 7) is 13.4. The summed E-state index contributed by atoms with van der Waals surface area (Å²) in [5.41, 5.74) is 26.7. The normalized spacial score (nSPS) is 16.6. The van der Waals surface area contributed by atoms with Crippen LogP contribution in [0.3, 0.4) is 0 Å². The molecule has 1 saturated heterocycles. The first-order chi connectivity index (χ1) is 25.1. The standard InChI is InChI=1S/C9H11NO3.2C6H13NO2.C5H9NO2.C5H11NO2.C4H9NO3/c10-8(9(12)13)5-6-1-3-7(11)4-2-6;1-4(2)3-5(7)6(8)9;1-3-4(2)5(7)6(8)9;7-5(8)4-2-1-3-6-4;1-3(2)4(6)5(7)8;1-2(6)3(5)4(7)8/h1-4,8,11H,5,10H2,(H,12,13);2*4-5H,3,7H2,1-2H3,(H,8,9);4,6H,1-3H2,(H,7,8);3-4H,6H2,1-2H3,(H,7,8);2-3,6H,5H2,1H3,(H,7,8)/t;;;4-;;/m...0../s1. The summed E-state index contributed by atoms with van der Waals surface area (Å²) in [5.74, 6) is -5.07. The minimum Gasteiger partial charge on any atom is -0.508 e. The number of nitrogens with one attached hydrogen (secondary N) is 1. The Morgan fingerprint density at radius 3 is 1.31 bits per heavy atom. The second-order valence-corrected chi connectivity index (χ2v) is 13.3. The van der Waals surface area contributed by atoms with E-state index in [4.69, 9.17) is 69.5 Å². The third kappa shape index (κ3) is 32.7. The SMILES string of the molecule is CC(C)C(N)C(=O)O.CC(C)CC(N)C(=O)O.CC(O)C(N)C(=O)O.CCC(C)C(N)C(=O)O.NC(Cc1ccc(O)cc1)C(=O)O.O=C(O)[C@@H]1CCCN1. The fourth-order valence-electron chi connectivity index (χ4n) is 3.47. The van der Waals surface area contributed by atoms with Gasteiger partial charge < -0.3 is 74.8 Å². The Balaban J connectivity index is -0.000000287. The van der Waals surface area contributed by atoms with Gasteiger partial charge in [0, 0.05) is 0 Å². The van der Waals surface area contributed by atoms with Crippen LogP contribution in [0.4, 0.5) is 0 Å². The summed E-state index contributed by atoms with van der Waals surface area (Å²) in [6, 6.07) is 1.90. The van der Waals surface area contributed by atoms with Crippen LogP contribution in [0.5, 0.6) is 5.75 Å². The van der Waals surface area contributed by atoms with Crippen LogP contribution in [-0.4, -0.2) is 126 Å². The van der Waals surface area contributed by atoms with Crippen molar-refractivity contribution in [3.63, 3.8) is 0 Å². The van der Waals surface area contributed by atoms with Gasteiger partial charge in [0.2, 0.25) is 0 Å². The zero-order valence-electron chi connectivity index (χ0n) is 32.7. The highest BCUT2D eigenvalue weighted by Gasteiger charge is 2.20. The number of hydrogen-bond acceptors (Lipinski definition) is 14. The minimum atomic E-state index is -1.18. The van der Waals surface area contributed by atoms with Crippen LogP contribution in [0.25, 0.3) is 0 Å². The van der Waals surface area contributed by atoms with Crippen LogP contribution in [0.15, 0.2) is 24.3 Å². The Kier molecular flexibility index (Phi) is 33.2. The first-order valence-corrected chi connectivity index (χ1v) is 17.5.